The third-order valence-electron chi connectivity index (χ3n) is 4.40. The minimum Gasteiger partial charge on any atom is -0.341 e. The molecule has 1 aromatic heterocycles. The molecule has 2 fully saturated rings. The molecule has 0 bridgehead atoms. The molecule has 1 N–H and O–H groups in total. The molecule has 0 saturated carbocycles. The molecule has 2 saturated heterocycles. The third kappa shape index (κ3) is 3.37. The molecule has 2 aliphatic rings. The van der Waals surface area contributed by atoms with Crippen molar-refractivity contribution in [2.45, 2.75) is 31.7 Å². The van der Waals surface area contributed by atoms with Gasteiger partial charge in [-0.05, 0) is 31.4 Å². The highest BCUT2D eigenvalue weighted by molar-refractivity contribution is 5.78. The van der Waals surface area contributed by atoms with Gasteiger partial charge in [-0.1, -0.05) is 6.07 Å². The second-order valence-electron chi connectivity index (χ2n) is 5.88. The Labute approximate surface area is 130 Å². The molecule has 3 heterocycles. The van der Waals surface area contributed by atoms with Crippen molar-refractivity contribution in [2.75, 3.05) is 26.2 Å². The Morgan fingerprint density at radius 1 is 1.36 bits per heavy atom. The minimum atomic E-state index is 0.00721. The summed E-state index contributed by atoms with van der Waals surface area (Å²) in [5, 5.41) is 2.83. The van der Waals surface area contributed by atoms with Gasteiger partial charge in [0.1, 0.15) is 0 Å². The molecule has 2 aliphatic heterocycles. The summed E-state index contributed by atoms with van der Waals surface area (Å²) in [4.78, 5) is 32.2. The van der Waals surface area contributed by atoms with E-state index in [1.807, 2.05) is 28.0 Å². The first-order valence-electron chi connectivity index (χ1n) is 7.96. The van der Waals surface area contributed by atoms with Crippen LogP contribution in [0.5, 0.6) is 0 Å². The van der Waals surface area contributed by atoms with E-state index in [0.717, 1.165) is 31.6 Å². The molecular formula is C16H22N4O2. The number of rotatable bonds is 4. The minimum absolute atomic E-state index is 0.00721. The fourth-order valence-electron chi connectivity index (χ4n) is 3.21. The molecule has 1 atom stereocenters. The lowest BCUT2D eigenvalue weighted by molar-refractivity contribution is -0.133. The number of urea groups is 1. The number of amides is 3. The first-order valence-corrected chi connectivity index (χ1v) is 7.96. The number of aryl methyl sites for hydroxylation is 1. The predicted octanol–water partition coefficient (Wildman–Crippen LogP) is 1.03. The smallest absolute Gasteiger partial charge is 0.317 e. The van der Waals surface area contributed by atoms with Crippen molar-refractivity contribution in [2.24, 2.45) is 0 Å². The van der Waals surface area contributed by atoms with Gasteiger partial charge in [-0.15, -0.1) is 0 Å². The monoisotopic (exact) mass is 302 g/mol. The van der Waals surface area contributed by atoms with Crippen LogP contribution in [0, 0.1) is 0 Å². The SMILES string of the molecule is O=C(CCc1ccccn1)N1CCC[C@H](N2CCNC2=O)C1. The molecule has 1 aromatic rings. The van der Waals surface area contributed by atoms with Gasteiger partial charge in [0.15, 0.2) is 0 Å². The van der Waals surface area contributed by atoms with E-state index in [9.17, 15) is 9.59 Å². The van der Waals surface area contributed by atoms with Crippen LogP contribution in [0.1, 0.15) is 25.0 Å². The van der Waals surface area contributed by atoms with Crippen LogP contribution in [-0.2, 0) is 11.2 Å². The van der Waals surface area contributed by atoms with E-state index in [-0.39, 0.29) is 18.0 Å². The number of nitrogens with one attached hydrogen (secondary N) is 1. The number of carbonyl (C=O) groups is 2. The van der Waals surface area contributed by atoms with Crippen LogP contribution in [0.2, 0.25) is 0 Å². The highest BCUT2D eigenvalue weighted by Crippen LogP contribution is 2.18. The summed E-state index contributed by atoms with van der Waals surface area (Å²) in [6.07, 6.45) is 4.85. The van der Waals surface area contributed by atoms with Crippen LogP contribution in [0.25, 0.3) is 0 Å². The van der Waals surface area contributed by atoms with E-state index in [4.69, 9.17) is 0 Å². The number of hydrogen-bond donors (Lipinski definition) is 1. The van der Waals surface area contributed by atoms with E-state index in [2.05, 4.69) is 10.3 Å². The maximum atomic E-state index is 12.4. The first kappa shape index (κ1) is 14.8. The fraction of sp³-hybridized carbons (Fsp3) is 0.562. The van der Waals surface area contributed by atoms with E-state index < -0.39 is 0 Å². The number of likely N-dealkylation sites (tertiary alicyclic amines) is 1. The quantitative estimate of drug-likeness (QED) is 0.903. The standard InChI is InChI=1S/C16H22N4O2/c21-15(7-6-13-4-1-2-8-17-13)19-10-3-5-14(12-19)20-11-9-18-16(20)22/h1-2,4,8,14H,3,5-7,9-12H2,(H,18,22)/t14-/m0/s1. The first-order chi connectivity index (χ1) is 10.7. The molecule has 0 spiro atoms. The van der Waals surface area contributed by atoms with Crippen LogP contribution in [-0.4, -0.2) is 58.9 Å². The maximum absolute atomic E-state index is 12.4. The number of pyridine rings is 1. The Balaban J connectivity index is 1.53. The molecule has 118 valence electrons. The Morgan fingerprint density at radius 3 is 3.00 bits per heavy atom. The number of nitrogens with zero attached hydrogens (tertiary/aromatic N) is 3. The van der Waals surface area contributed by atoms with E-state index in [1.165, 1.54) is 0 Å². The summed E-state index contributed by atoms with van der Waals surface area (Å²) in [7, 11) is 0. The fourth-order valence-corrected chi connectivity index (χ4v) is 3.21. The van der Waals surface area contributed by atoms with Crippen LogP contribution < -0.4 is 5.32 Å². The molecule has 22 heavy (non-hydrogen) atoms. The van der Waals surface area contributed by atoms with Crippen molar-refractivity contribution >= 4 is 11.9 Å². The zero-order valence-corrected chi connectivity index (χ0v) is 12.7. The van der Waals surface area contributed by atoms with Gasteiger partial charge in [0.25, 0.3) is 0 Å². The normalized spacial score (nSPS) is 21.8. The van der Waals surface area contributed by atoms with Crippen LogP contribution >= 0.6 is 0 Å². The van der Waals surface area contributed by atoms with Gasteiger partial charge < -0.3 is 15.1 Å². The Hall–Kier alpha value is -2.11. The zero-order valence-electron chi connectivity index (χ0n) is 12.7. The molecule has 0 unspecified atom stereocenters. The number of carbonyl (C=O) groups excluding carboxylic acids is 2. The van der Waals surface area contributed by atoms with Gasteiger partial charge in [0.2, 0.25) is 5.91 Å². The van der Waals surface area contributed by atoms with E-state index in [0.29, 0.717) is 25.9 Å². The summed E-state index contributed by atoms with van der Waals surface area (Å²) >= 11 is 0. The number of aromatic nitrogens is 1. The van der Waals surface area contributed by atoms with Gasteiger partial charge in [-0.2, -0.15) is 0 Å². The van der Waals surface area contributed by atoms with E-state index >= 15 is 0 Å². The van der Waals surface area contributed by atoms with E-state index in [1.54, 1.807) is 6.20 Å². The van der Waals surface area contributed by atoms with Crippen LogP contribution in [0.4, 0.5) is 4.79 Å². The summed E-state index contributed by atoms with van der Waals surface area (Å²) in [6.45, 7) is 2.92. The highest BCUT2D eigenvalue weighted by Gasteiger charge is 2.32. The summed E-state index contributed by atoms with van der Waals surface area (Å²) in [5.41, 5.74) is 0.948. The van der Waals surface area contributed by atoms with Gasteiger partial charge in [0.05, 0.1) is 6.04 Å². The van der Waals surface area contributed by atoms with Crippen LogP contribution in [0.15, 0.2) is 24.4 Å². The molecule has 0 aliphatic carbocycles. The van der Waals surface area contributed by atoms with Crippen molar-refractivity contribution in [3.8, 4) is 0 Å². The zero-order chi connectivity index (χ0) is 15.4. The lowest BCUT2D eigenvalue weighted by atomic mass is 10.0. The lowest BCUT2D eigenvalue weighted by Crippen LogP contribution is -2.50. The topological polar surface area (TPSA) is 65.5 Å². The summed E-state index contributed by atoms with van der Waals surface area (Å²) in [5.74, 6) is 0.162. The van der Waals surface area contributed by atoms with Crippen molar-refractivity contribution in [3.63, 3.8) is 0 Å². The predicted molar refractivity (Wildman–Crippen MR) is 82.3 cm³/mol. The molecule has 3 amide bonds. The summed E-state index contributed by atoms with van der Waals surface area (Å²) in [6, 6.07) is 5.93. The average molecular weight is 302 g/mol. The molecule has 0 radical (unpaired) electrons. The molecule has 6 heteroatoms. The maximum Gasteiger partial charge on any atom is 0.317 e. The Morgan fingerprint density at radius 2 is 2.27 bits per heavy atom. The largest absolute Gasteiger partial charge is 0.341 e. The molecule has 6 nitrogen and oxygen atoms in total. The molecule has 3 rings (SSSR count). The van der Waals surface area contributed by atoms with Gasteiger partial charge >= 0.3 is 6.03 Å². The second-order valence-corrected chi connectivity index (χ2v) is 5.88. The van der Waals surface area contributed by atoms with Crippen molar-refractivity contribution in [1.82, 2.24) is 20.1 Å². The van der Waals surface area contributed by atoms with Crippen molar-refractivity contribution < 1.29 is 9.59 Å². The lowest BCUT2D eigenvalue weighted by Gasteiger charge is -2.37. The Kier molecular flexibility index (Phi) is 4.56. The van der Waals surface area contributed by atoms with Crippen LogP contribution in [0.3, 0.4) is 0 Å². The number of piperidine rings is 1. The molecular weight excluding hydrogens is 280 g/mol. The highest BCUT2D eigenvalue weighted by atomic mass is 16.2. The van der Waals surface area contributed by atoms with Crippen molar-refractivity contribution in [1.29, 1.82) is 0 Å². The summed E-state index contributed by atoms with van der Waals surface area (Å²) < 4.78 is 0. The number of hydrogen-bond acceptors (Lipinski definition) is 3. The second kappa shape index (κ2) is 6.77. The molecule has 0 aromatic carbocycles. The van der Waals surface area contributed by atoms with Gasteiger partial charge in [-0.3, -0.25) is 9.78 Å². The Bertz CT molecular complexity index is 534. The third-order valence-corrected chi connectivity index (χ3v) is 4.40. The van der Waals surface area contributed by atoms with Crippen molar-refractivity contribution in [3.05, 3.63) is 30.1 Å². The average Bonchev–Trinajstić information content (AvgIpc) is 3.00. The van der Waals surface area contributed by atoms with Gasteiger partial charge in [-0.25, -0.2) is 4.79 Å². The van der Waals surface area contributed by atoms with Gasteiger partial charge in [0, 0.05) is 44.5 Å².